The molecule has 1 N–H and O–H groups in total. The van der Waals surface area contributed by atoms with Crippen LogP contribution in [-0.2, 0) is 27.8 Å². The number of aldehydes is 1. The zero-order chi connectivity index (χ0) is 46.5. The summed E-state index contributed by atoms with van der Waals surface area (Å²) in [5, 5.41) is 26.1. The normalized spacial score (nSPS) is 15.0. The summed E-state index contributed by atoms with van der Waals surface area (Å²) in [7, 11) is -0.916. The van der Waals surface area contributed by atoms with Crippen LogP contribution in [0.5, 0.6) is 0 Å². The highest BCUT2D eigenvalue weighted by atomic mass is 31.2. The highest BCUT2D eigenvalue weighted by Gasteiger charge is 2.45. The first-order valence-electron chi connectivity index (χ1n) is 18.9. The van der Waals surface area contributed by atoms with E-state index in [2.05, 4.69) is 15.0 Å². The van der Waals surface area contributed by atoms with Crippen LogP contribution in [0.1, 0.15) is 97.0 Å². The van der Waals surface area contributed by atoms with Gasteiger partial charge in [0, 0.05) is 61.7 Å². The van der Waals surface area contributed by atoms with Gasteiger partial charge in [-0.15, -0.1) is 0 Å². The number of nitrogens with zero attached hydrogens (tertiary/aromatic N) is 5. The zero-order valence-electron chi connectivity index (χ0n) is 34.1. The van der Waals surface area contributed by atoms with E-state index < -0.39 is 31.3 Å². The Labute approximate surface area is 370 Å². The fourth-order valence-electron chi connectivity index (χ4n) is 6.12. The van der Waals surface area contributed by atoms with Gasteiger partial charge in [-0.1, -0.05) is 54.6 Å². The number of carbonyl (C=O) groups excluding carboxylic acids is 4. The minimum atomic E-state index is -3.44. The molecule has 3 aromatic heterocycles. The third-order valence-corrected chi connectivity index (χ3v) is 11.2. The van der Waals surface area contributed by atoms with Gasteiger partial charge in [-0.2, -0.15) is 10.5 Å². The van der Waals surface area contributed by atoms with Crippen molar-refractivity contribution in [2.75, 3.05) is 14.2 Å². The van der Waals surface area contributed by atoms with Crippen molar-refractivity contribution >= 4 is 61.4 Å². The Balaban J connectivity index is 0.000000147. The molecule has 1 unspecified atom stereocenters. The van der Waals surface area contributed by atoms with Crippen LogP contribution in [0.2, 0.25) is 0 Å². The van der Waals surface area contributed by atoms with Gasteiger partial charge in [-0.05, 0) is 54.6 Å². The topological polar surface area (TPSA) is 255 Å². The highest BCUT2D eigenvalue weighted by Crippen LogP contribution is 2.62. The number of fused-ring (bicyclic) bond motifs is 3. The van der Waals surface area contributed by atoms with E-state index in [1.54, 1.807) is 97.2 Å². The average Bonchev–Trinajstić information content (AvgIpc) is 3.98. The molecule has 3 aliphatic rings. The van der Waals surface area contributed by atoms with Crippen LogP contribution >= 0.6 is 7.60 Å². The van der Waals surface area contributed by atoms with Gasteiger partial charge in [0.05, 0.1) is 56.9 Å². The number of hydrogen-bond acceptors (Lipinski definition) is 16. The van der Waals surface area contributed by atoms with E-state index in [9.17, 15) is 28.5 Å². The van der Waals surface area contributed by atoms with Crippen LogP contribution in [0.25, 0.3) is 23.7 Å². The summed E-state index contributed by atoms with van der Waals surface area (Å²) in [5.41, 5.74) is 5.80. The molecular formula is C47H32N5O12P. The lowest BCUT2D eigenvalue weighted by Gasteiger charge is -2.19. The zero-order valence-corrected chi connectivity index (χ0v) is 34.9. The number of carboxylic acid groups (broad SMARTS) is 1. The van der Waals surface area contributed by atoms with Crippen molar-refractivity contribution in [2.45, 2.75) is 5.85 Å². The molecule has 6 heterocycles. The number of cyclic esters (lactones) is 3. The number of aromatic carboxylic acids is 1. The molecule has 17 nitrogen and oxygen atoms in total. The first-order chi connectivity index (χ1) is 31.4. The number of carboxylic acids is 1. The lowest BCUT2D eigenvalue weighted by Crippen LogP contribution is -2.03. The Morgan fingerprint density at radius 3 is 1.58 bits per heavy atom. The summed E-state index contributed by atoms with van der Waals surface area (Å²) < 4.78 is 37.2. The lowest BCUT2D eigenvalue weighted by atomic mass is 10.1. The monoisotopic (exact) mass is 889 g/mol. The van der Waals surface area contributed by atoms with Crippen molar-refractivity contribution in [3.63, 3.8) is 0 Å². The average molecular weight is 890 g/mol. The molecular weight excluding hydrogens is 858 g/mol. The molecule has 0 saturated carbocycles. The molecule has 6 aromatic rings. The van der Waals surface area contributed by atoms with Gasteiger partial charge in [0.15, 0.2) is 6.29 Å². The predicted molar refractivity (Wildman–Crippen MR) is 230 cm³/mol. The molecule has 18 heteroatoms. The fourth-order valence-corrected chi connectivity index (χ4v) is 7.44. The van der Waals surface area contributed by atoms with Crippen molar-refractivity contribution in [1.29, 1.82) is 10.5 Å². The molecule has 322 valence electrons. The van der Waals surface area contributed by atoms with Crippen molar-refractivity contribution in [1.82, 2.24) is 15.0 Å². The van der Waals surface area contributed by atoms with Gasteiger partial charge in [0.25, 0.3) is 0 Å². The van der Waals surface area contributed by atoms with Crippen molar-refractivity contribution in [3.8, 4) is 12.1 Å². The molecule has 0 bridgehead atoms. The molecule has 0 fully saturated rings. The van der Waals surface area contributed by atoms with E-state index in [1.165, 1.54) is 44.8 Å². The molecule has 0 aliphatic carbocycles. The third-order valence-electron chi connectivity index (χ3n) is 9.22. The maximum absolute atomic E-state index is 12.1. The Bertz CT molecular complexity index is 3040. The van der Waals surface area contributed by atoms with E-state index in [1.807, 2.05) is 24.3 Å². The van der Waals surface area contributed by atoms with Crippen LogP contribution in [0.3, 0.4) is 0 Å². The molecule has 9 rings (SSSR count). The summed E-state index contributed by atoms with van der Waals surface area (Å²) in [6.45, 7) is 0. The smallest absolute Gasteiger partial charge is 0.375 e. The minimum absolute atomic E-state index is 0.129. The van der Waals surface area contributed by atoms with Gasteiger partial charge < -0.3 is 28.4 Å². The molecule has 3 aromatic carbocycles. The van der Waals surface area contributed by atoms with E-state index in [-0.39, 0.29) is 11.5 Å². The fraction of sp³-hybridized carbons (Fsp3) is 0.0638. The quantitative estimate of drug-likeness (QED) is 0.0686. The molecule has 3 aliphatic heterocycles. The van der Waals surface area contributed by atoms with Crippen molar-refractivity contribution in [2.24, 2.45) is 0 Å². The number of pyridine rings is 3. The minimum Gasteiger partial charge on any atom is -0.478 e. The number of carbonyl (C=O) groups is 5. The van der Waals surface area contributed by atoms with E-state index >= 15 is 0 Å². The van der Waals surface area contributed by atoms with Crippen LogP contribution < -0.4 is 0 Å². The van der Waals surface area contributed by atoms with Crippen molar-refractivity contribution < 1.29 is 56.9 Å². The number of benzene rings is 3. The second-order valence-electron chi connectivity index (χ2n) is 13.2. The van der Waals surface area contributed by atoms with Gasteiger partial charge in [0.1, 0.15) is 17.2 Å². The van der Waals surface area contributed by atoms with Crippen LogP contribution in [0.4, 0.5) is 0 Å². The van der Waals surface area contributed by atoms with E-state index in [0.717, 1.165) is 5.56 Å². The van der Waals surface area contributed by atoms with Gasteiger partial charge in [-0.25, -0.2) is 19.2 Å². The number of hydrogen-bond donors (Lipinski definition) is 1. The Morgan fingerprint density at radius 2 is 1.09 bits per heavy atom. The van der Waals surface area contributed by atoms with Crippen LogP contribution in [0.15, 0.2) is 128 Å². The van der Waals surface area contributed by atoms with Crippen molar-refractivity contribution in [3.05, 3.63) is 195 Å². The summed E-state index contributed by atoms with van der Waals surface area (Å²) in [6, 6.07) is 33.9. The number of rotatable bonds is 7. The van der Waals surface area contributed by atoms with Gasteiger partial charge >= 0.3 is 31.5 Å². The summed E-state index contributed by atoms with van der Waals surface area (Å²) >= 11 is 0. The first kappa shape index (κ1) is 45.8. The first-order valence-corrected chi connectivity index (χ1v) is 20.5. The maximum Gasteiger partial charge on any atom is 0.375 e. The second-order valence-corrected chi connectivity index (χ2v) is 15.5. The molecule has 0 saturated heterocycles. The van der Waals surface area contributed by atoms with E-state index in [0.29, 0.717) is 73.8 Å². The standard InChI is InChI=1S/C15H8N2O2.C15H9NO4.C10H11O5P.C7H4N2O/c16-9-10-5-6-17-11(7-10)8-14-12-3-1-2-4-13(12)15(18)19-14;17-14(18)9-5-6-16-10(7-9)8-13-11-3-1-2-4-12(11)15(19)20-13;1-13-16(12,14-2)10-8-6-4-3-5-7(8)9(11)15-10;8-4-6-1-2-9-7(3-6)5-10/h1-8H;1-8H,(H,17,18);3-6,10H,1-2H3;1-3,5H/b14-8-;13-8-;;. The highest BCUT2D eigenvalue weighted by molar-refractivity contribution is 7.54. The number of nitriles is 2. The SMILES string of the molecule is COP(=O)(OC)C1OC(=O)c2ccccc21.N#Cc1ccnc(/C=C2\OC(=O)c3ccccc32)c1.N#Cc1ccnc(C=O)c1.O=C(O)c1ccnc(/C=C2\OC(=O)c3ccccc32)c1. The van der Waals surface area contributed by atoms with Crippen LogP contribution in [-0.4, -0.2) is 64.4 Å². The molecule has 0 radical (unpaired) electrons. The molecule has 0 amide bonds. The third kappa shape index (κ3) is 10.8. The van der Waals surface area contributed by atoms with E-state index in [4.69, 9.17) is 38.9 Å². The number of ether oxygens (including phenoxy) is 3. The predicted octanol–water partition coefficient (Wildman–Crippen LogP) is 8.18. The summed E-state index contributed by atoms with van der Waals surface area (Å²) in [6.07, 6.45) is 8.20. The van der Waals surface area contributed by atoms with Gasteiger partial charge in [-0.3, -0.25) is 24.3 Å². The molecule has 65 heavy (non-hydrogen) atoms. The summed E-state index contributed by atoms with van der Waals surface area (Å²) in [4.78, 5) is 67.7. The van der Waals surface area contributed by atoms with Crippen LogP contribution in [0, 0.1) is 22.7 Å². The lowest BCUT2D eigenvalue weighted by molar-refractivity contribution is 0.0456. The largest absolute Gasteiger partial charge is 0.478 e. The molecule has 1 atom stereocenters. The maximum atomic E-state index is 12.1. The second kappa shape index (κ2) is 20.9. The Hall–Kier alpha value is -8.73. The molecule has 0 spiro atoms. The Morgan fingerprint density at radius 1 is 0.646 bits per heavy atom. The number of aromatic nitrogens is 3. The Kier molecular flexibility index (Phi) is 14.7. The summed E-state index contributed by atoms with van der Waals surface area (Å²) in [5.74, 6) is -2.44. The van der Waals surface area contributed by atoms with Gasteiger partial charge in [0.2, 0.25) is 5.85 Å². The number of esters is 3.